The van der Waals surface area contributed by atoms with Crippen molar-refractivity contribution in [1.29, 1.82) is 0 Å². The van der Waals surface area contributed by atoms with Crippen LogP contribution in [0.1, 0.15) is 98.3 Å². The number of aryl methyl sites for hydroxylation is 1. The molecule has 3 aliphatic heterocycles. The second-order valence-corrected chi connectivity index (χ2v) is 16.2. The third kappa shape index (κ3) is 6.31. The van der Waals surface area contributed by atoms with E-state index in [2.05, 4.69) is 31.2 Å². The number of para-hydroxylation sites is 1. The molecule has 7 heterocycles. The molecular formula is C41H48N10O5. The van der Waals surface area contributed by atoms with Crippen LogP contribution in [-0.4, -0.2) is 90.7 Å². The highest BCUT2D eigenvalue weighted by Gasteiger charge is 2.40. The maximum Gasteiger partial charge on any atom is 0.329 e. The topological polar surface area (TPSA) is 162 Å². The Balaban J connectivity index is 0.845. The smallest absolute Gasteiger partial charge is 0.329 e. The first-order valence-corrected chi connectivity index (χ1v) is 19.8. The van der Waals surface area contributed by atoms with E-state index >= 15 is 0 Å². The molecule has 2 N–H and O–H groups in total. The Morgan fingerprint density at radius 1 is 0.964 bits per heavy atom. The van der Waals surface area contributed by atoms with Gasteiger partial charge in [-0.3, -0.25) is 28.8 Å². The van der Waals surface area contributed by atoms with Gasteiger partial charge in [-0.2, -0.15) is 4.98 Å². The number of benzene rings is 1. The second kappa shape index (κ2) is 14.2. The predicted octanol–water partition coefficient (Wildman–Crippen LogP) is 4.95. The van der Waals surface area contributed by atoms with E-state index in [1.54, 1.807) is 41.4 Å². The molecule has 9 rings (SSSR count). The van der Waals surface area contributed by atoms with Crippen LogP contribution in [-0.2, 0) is 21.4 Å². The number of hydrogen-bond donors (Lipinski definition) is 2. The van der Waals surface area contributed by atoms with Gasteiger partial charge in [0, 0.05) is 70.4 Å². The van der Waals surface area contributed by atoms with E-state index in [1.165, 1.54) is 0 Å². The van der Waals surface area contributed by atoms with E-state index < -0.39 is 11.9 Å². The van der Waals surface area contributed by atoms with Crippen molar-refractivity contribution in [1.82, 2.24) is 38.9 Å². The monoisotopic (exact) mass is 760 g/mol. The molecule has 2 atom stereocenters. The minimum atomic E-state index is -0.713. The normalized spacial score (nSPS) is 21.6. The van der Waals surface area contributed by atoms with Gasteiger partial charge in [-0.1, -0.05) is 25.0 Å². The molecule has 0 radical (unpaired) electrons. The number of ether oxygens (including phenoxy) is 1. The summed E-state index contributed by atoms with van der Waals surface area (Å²) in [6, 6.07) is 11.4. The van der Waals surface area contributed by atoms with E-state index in [0.29, 0.717) is 36.0 Å². The number of nitrogens with one attached hydrogen (secondary N) is 2. The van der Waals surface area contributed by atoms with Crippen LogP contribution in [0.3, 0.4) is 0 Å². The van der Waals surface area contributed by atoms with Crippen LogP contribution < -0.4 is 21.2 Å². The molecule has 5 aromatic rings. The maximum atomic E-state index is 13.5. The number of aromatic nitrogens is 6. The molecule has 292 valence electrons. The highest BCUT2D eigenvalue weighted by Crippen LogP contribution is 2.42. The first-order chi connectivity index (χ1) is 27.1. The van der Waals surface area contributed by atoms with Crippen LogP contribution in [0.15, 0.2) is 53.6 Å². The van der Waals surface area contributed by atoms with Gasteiger partial charge in [-0.05, 0) is 74.8 Å². The number of carbonyl (C=O) groups excluding carboxylic acids is 3. The summed E-state index contributed by atoms with van der Waals surface area (Å²) in [6.07, 6.45) is 12.3. The van der Waals surface area contributed by atoms with E-state index in [1.807, 2.05) is 36.5 Å². The molecule has 3 saturated heterocycles. The summed E-state index contributed by atoms with van der Waals surface area (Å²) in [5.41, 5.74) is 4.56. The summed E-state index contributed by atoms with van der Waals surface area (Å²) in [6.45, 7) is 2.20. The molecule has 1 spiro atoms. The largest absolute Gasteiger partial charge is 0.374 e. The zero-order valence-electron chi connectivity index (χ0n) is 32.2. The number of rotatable bonds is 7. The van der Waals surface area contributed by atoms with Crippen molar-refractivity contribution >= 4 is 57.2 Å². The van der Waals surface area contributed by atoms with Gasteiger partial charge in [0.2, 0.25) is 17.8 Å². The van der Waals surface area contributed by atoms with Crippen molar-refractivity contribution in [2.24, 2.45) is 7.05 Å². The van der Waals surface area contributed by atoms with Gasteiger partial charge >= 0.3 is 5.69 Å². The molecule has 56 heavy (non-hydrogen) atoms. The van der Waals surface area contributed by atoms with E-state index in [9.17, 15) is 19.2 Å². The molecule has 15 nitrogen and oxygen atoms in total. The number of imidazole rings is 1. The number of carbonyl (C=O) groups is 3. The Labute approximate surface area is 324 Å². The quantitative estimate of drug-likeness (QED) is 0.217. The van der Waals surface area contributed by atoms with Crippen LogP contribution in [0, 0.1) is 0 Å². The number of piperidine rings is 2. The minimum absolute atomic E-state index is 0.0341. The number of fused-ring (bicyclic) bond motifs is 2. The molecule has 4 fully saturated rings. The summed E-state index contributed by atoms with van der Waals surface area (Å²) in [7, 11) is 5.30. The lowest BCUT2D eigenvalue weighted by Gasteiger charge is -2.46. The first-order valence-electron chi connectivity index (χ1n) is 19.8. The summed E-state index contributed by atoms with van der Waals surface area (Å²) in [4.78, 5) is 69.2. The summed E-state index contributed by atoms with van der Waals surface area (Å²) < 4.78 is 12.0. The van der Waals surface area contributed by atoms with Crippen LogP contribution in [0.5, 0.6) is 0 Å². The number of imide groups is 1. The maximum absolute atomic E-state index is 13.5. The zero-order valence-corrected chi connectivity index (χ0v) is 32.2. The fourth-order valence-electron chi connectivity index (χ4n) is 9.41. The first kappa shape index (κ1) is 36.1. The standard InChI is InChI=1S/C41H48N10O5/c1-47(2)38(54)32-21-27-23-43-39(46-36(27)50(32)28-7-4-5-8-28)44-33-13-11-25(22-42-33)26-15-16-41(56-24-26)17-19-49(20-18-41)29-9-6-10-30-35(29)48(3)40(55)51(30)31-12-14-34(52)45-37(31)53/h6,9-11,13,21-23,26,28,31H,4-5,7-8,12,14-20,24H2,1-3H3,(H,45,52,53)(H,42,43,44,46)/t26-,31+/m0/s1. The van der Waals surface area contributed by atoms with Gasteiger partial charge in [0.15, 0.2) is 0 Å². The Morgan fingerprint density at radius 2 is 1.77 bits per heavy atom. The molecule has 15 heteroatoms. The fraction of sp³-hybridized carbons (Fsp3) is 0.488. The highest BCUT2D eigenvalue weighted by atomic mass is 16.5. The number of anilines is 3. The van der Waals surface area contributed by atoms with Gasteiger partial charge < -0.3 is 24.4 Å². The van der Waals surface area contributed by atoms with Gasteiger partial charge in [-0.25, -0.2) is 14.8 Å². The highest BCUT2D eigenvalue weighted by molar-refractivity contribution is 6.01. The Morgan fingerprint density at radius 3 is 2.46 bits per heavy atom. The molecule has 1 aliphatic carbocycles. The van der Waals surface area contributed by atoms with Crippen molar-refractivity contribution < 1.29 is 19.1 Å². The molecule has 1 saturated carbocycles. The second-order valence-electron chi connectivity index (χ2n) is 16.2. The Hall–Kier alpha value is -5.57. The number of pyridine rings is 1. The molecule has 1 aromatic carbocycles. The van der Waals surface area contributed by atoms with E-state index in [0.717, 1.165) is 92.3 Å². The molecule has 3 amide bonds. The molecule has 4 aromatic heterocycles. The summed E-state index contributed by atoms with van der Waals surface area (Å²) in [5, 5.41) is 6.52. The van der Waals surface area contributed by atoms with Gasteiger partial charge in [-0.15, -0.1) is 0 Å². The number of hydrogen-bond acceptors (Lipinski definition) is 10. The average molecular weight is 761 g/mol. The zero-order chi connectivity index (χ0) is 38.7. The van der Waals surface area contributed by atoms with E-state index in [-0.39, 0.29) is 41.5 Å². The SMILES string of the molecule is CN(C)C(=O)c1cc2cnc(Nc3ccc([C@H]4CCC5(CCN(c6cccc7c6n(C)c(=O)n7[C@@H]6CCC(=O)NC6=O)CC5)OC4)cn3)nc2n1C1CCCC1. The number of nitrogens with zero attached hydrogens (tertiary/aromatic N) is 8. The molecule has 0 unspecified atom stereocenters. The fourth-order valence-corrected chi connectivity index (χ4v) is 9.41. The lowest BCUT2D eigenvalue weighted by molar-refractivity contribution is -0.135. The van der Waals surface area contributed by atoms with Crippen molar-refractivity contribution in [3.05, 3.63) is 70.5 Å². The summed E-state index contributed by atoms with van der Waals surface area (Å²) in [5.74, 6) is 0.567. The molecule has 4 aliphatic rings. The van der Waals surface area contributed by atoms with E-state index in [4.69, 9.17) is 14.7 Å². The van der Waals surface area contributed by atoms with Crippen LogP contribution in [0.4, 0.5) is 17.5 Å². The van der Waals surface area contributed by atoms with Gasteiger partial charge in [0.05, 0.1) is 28.9 Å². The number of amides is 3. The van der Waals surface area contributed by atoms with Crippen molar-refractivity contribution in [2.75, 3.05) is 44.0 Å². The third-order valence-electron chi connectivity index (χ3n) is 12.5. The molecular weight excluding hydrogens is 713 g/mol. The van der Waals surface area contributed by atoms with Crippen LogP contribution in [0.2, 0.25) is 0 Å². The predicted molar refractivity (Wildman–Crippen MR) is 211 cm³/mol. The van der Waals surface area contributed by atoms with Crippen molar-refractivity contribution in [3.8, 4) is 0 Å². The lowest BCUT2D eigenvalue weighted by Crippen LogP contribution is -2.48. The Kier molecular flexibility index (Phi) is 9.14. The minimum Gasteiger partial charge on any atom is -0.374 e. The Bertz CT molecular complexity index is 2390. The average Bonchev–Trinajstić information content (AvgIpc) is 3.93. The van der Waals surface area contributed by atoms with Crippen LogP contribution in [0.25, 0.3) is 22.1 Å². The van der Waals surface area contributed by atoms with Crippen molar-refractivity contribution in [2.45, 2.75) is 87.8 Å². The summed E-state index contributed by atoms with van der Waals surface area (Å²) >= 11 is 0. The van der Waals surface area contributed by atoms with Gasteiger partial charge in [0.1, 0.15) is 23.2 Å². The van der Waals surface area contributed by atoms with Crippen LogP contribution >= 0.6 is 0 Å². The molecule has 0 bridgehead atoms. The van der Waals surface area contributed by atoms with Gasteiger partial charge in [0.25, 0.3) is 5.91 Å². The third-order valence-corrected chi connectivity index (χ3v) is 12.5. The van der Waals surface area contributed by atoms with Crippen molar-refractivity contribution in [3.63, 3.8) is 0 Å². The lowest BCUT2D eigenvalue weighted by atomic mass is 9.80.